The summed E-state index contributed by atoms with van der Waals surface area (Å²) in [5, 5.41) is 5.69. The third-order valence-corrected chi connectivity index (χ3v) is 5.94. The highest BCUT2D eigenvalue weighted by Gasteiger charge is 2.23. The molecule has 0 aliphatic heterocycles. The molecule has 0 saturated heterocycles. The van der Waals surface area contributed by atoms with Crippen molar-refractivity contribution >= 4 is 34.6 Å². The van der Waals surface area contributed by atoms with Gasteiger partial charge in [-0.25, -0.2) is 9.78 Å². The fraction of sp³-hybridized carbons (Fsp3) is 0.500. The molecular weight excluding hydrogens is 376 g/mol. The number of aromatic nitrogens is 2. The standard InChI is InChI=1S/C20H26N4O3S/c1-12(2)24-18(26)15-10-6-7-11-16(15)22-20(24)28-13(3)17(25)23-19(27)21-14-8-4-5-9-14/h6-7,10-14H,4-5,8-9H2,1-3H3,(H2,21,23,25,27)/t13-/m1/s1. The summed E-state index contributed by atoms with van der Waals surface area (Å²) in [6.45, 7) is 5.51. The minimum absolute atomic E-state index is 0.104. The van der Waals surface area contributed by atoms with Crippen LogP contribution in [0.5, 0.6) is 0 Å². The van der Waals surface area contributed by atoms with Crippen LogP contribution in [0.15, 0.2) is 34.2 Å². The maximum atomic E-state index is 12.9. The van der Waals surface area contributed by atoms with Crippen LogP contribution in [0.4, 0.5) is 4.79 Å². The SMILES string of the molecule is CC(C)n1c(S[C@H](C)C(=O)NC(=O)NC2CCCC2)nc2ccccc2c1=O. The maximum absolute atomic E-state index is 12.9. The van der Waals surface area contributed by atoms with E-state index in [0.717, 1.165) is 25.7 Å². The Balaban J connectivity index is 1.75. The predicted molar refractivity (Wildman–Crippen MR) is 111 cm³/mol. The molecule has 3 amide bonds. The molecule has 1 aliphatic rings. The van der Waals surface area contributed by atoms with E-state index in [0.29, 0.717) is 16.1 Å². The van der Waals surface area contributed by atoms with Crippen LogP contribution in [0, 0.1) is 0 Å². The van der Waals surface area contributed by atoms with Gasteiger partial charge in [0, 0.05) is 12.1 Å². The van der Waals surface area contributed by atoms with Gasteiger partial charge in [0.1, 0.15) is 0 Å². The van der Waals surface area contributed by atoms with Crippen LogP contribution in [-0.4, -0.2) is 32.8 Å². The number of urea groups is 1. The number of carbonyl (C=O) groups is 2. The first-order valence-electron chi connectivity index (χ1n) is 9.66. The van der Waals surface area contributed by atoms with Gasteiger partial charge in [-0.1, -0.05) is 36.7 Å². The number of imide groups is 1. The lowest BCUT2D eigenvalue weighted by Gasteiger charge is -2.19. The monoisotopic (exact) mass is 402 g/mol. The second kappa shape index (κ2) is 8.77. The van der Waals surface area contributed by atoms with Crippen LogP contribution in [0.2, 0.25) is 0 Å². The molecule has 2 aromatic rings. The van der Waals surface area contributed by atoms with E-state index in [-0.39, 0.29) is 17.6 Å². The molecule has 1 fully saturated rings. The third-order valence-electron chi connectivity index (χ3n) is 4.87. The van der Waals surface area contributed by atoms with Gasteiger partial charge in [-0.05, 0) is 45.7 Å². The number of fused-ring (bicyclic) bond motifs is 1. The summed E-state index contributed by atoms with van der Waals surface area (Å²) in [5.41, 5.74) is 0.466. The zero-order valence-electron chi connectivity index (χ0n) is 16.4. The number of benzene rings is 1. The zero-order valence-corrected chi connectivity index (χ0v) is 17.2. The number of carbonyl (C=O) groups excluding carboxylic acids is 2. The maximum Gasteiger partial charge on any atom is 0.321 e. The molecule has 0 unspecified atom stereocenters. The zero-order chi connectivity index (χ0) is 20.3. The van der Waals surface area contributed by atoms with Crippen molar-refractivity contribution in [1.29, 1.82) is 0 Å². The molecule has 0 radical (unpaired) electrons. The van der Waals surface area contributed by atoms with Crippen LogP contribution in [0.1, 0.15) is 52.5 Å². The fourth-order valence-electron chi connectivity index (χ4n) is 3.38. The Morgan fingerprint density at radius 1 is 1.18 bits per heavy atom. The lowest BCUT2D eigenvalue weighted by molar-refractivity contribution is -0.119. The molecule has 1 aromatic carbocycles. The van der Waals surface area contributed by atoms with Crippen molar-refractivity contribution < 1.29 is 9.59 Å². The van der Waals surface area contributed by atoms with E-state index in [1.807, 2.05) is 26.0 Å². The second-order valence-electron chi connectivity index (χ2n) is 7.38. The van der Waals surface area contributed by atoms with Gasteiger partial charge in [0.2, 0.25) is 5.91 Å². The first-order chi connectivity index (χ1) is 13.4. The average molecular weight is 403 g/mol. The molecular formula is C20H26N4O3S. The number of hydrogen-bond acceptors (Lipinski definition) is 5. The summed E-state index contributed by atoms with van der Waals surface area (Å²) in [4.78, 5) is 41.9. The number of hydrogen-bond donors (Lipinski definition) is 2. The number of para-hydroxylation sites is 1. The number of amides is 3. The van der Waals surface area contributed by atoms with E-state index in [4.69, 9.17) is 0 Å². The molecule has 1 aliphatic carbocycles. The minimum Gasteiger partial charge on any atom is -0.335 e. The molecule has 8 heteroatoms. The van der Waals surface area contributed by atoms with E-state index in [9.17, 15) is 14.4 Å². The Kier molecular flexibility index (Phi) is 6.39. The smallest absolute Gasteiger partial charge is 0.321 e. The van der Waals surface area contributed by atoms with Gasteiger partial charge in [0.15, 0.2) is 5.16 Å². The van der Waals surface area contributed by atoms with Crippen molar-refractivity contribution in [1.82, 2.24) is 20.2 Å². The summed E-state index contributed by atoms with van der Waals surface area (Å²) in [7, 11) is 0. The topological polar surface area (TPSA) is 93.1 Å². The van der Waals surface area contributed by atoms with Crippen LogP contribution in [0.3, 0.4) is 0 Å². The van der Waals surface area contributed by atoms with E-state index in [1.165, 1.54) is 11.8 Å². The normalized spacial score (nSPS) is 15.7. The quantitative estimate of drug-likeness (QED) is 0.592. The van der Waals surface area contributed by atoms with Crippen molar-refractivity contribution in [3.8, 4) is 0 Å². The Labute approximate surface area is 168 Å². The van der Waals surface area contributed by atoms with Gasteiger partial charge in [0.05, 0.1) is 16.2 Å². The molecule has 150 valence electrons. The summed E-state index contributed by atoms with van der Waals surface area (Å²) in [6.07, 6.45) is 4.11. The van der Waals surface area contributed by atoms with Crippen molar-refractivity contribution in [3.05, 3.63) is 34.6 Å². The molecule has 0 spiro atoms. The van der Waals surface area contributed by atoms with Crippen molar-refractivity contribution in [2.75, 3.05) is 0 Å². The predicted octanol–water partition coefficient (Wildman–Crippen LogP) is 3.23. The second-order valence-corrected chi connectivity index (χ2v) is 8.69. The third kappa shape index (κ3) is 4.55. The fourth-order valence-corrected chi connectivity index (χ4v) is 4.42. The largest absolute Gasteiger partial charge is 0.335 e. The van der Waals surface area contributed by atoms with Crippen molar-refractivity contribution in [3.63, 3.8) is 0 Å². The van der Waals surface area contributed by atoms with Crippen LogP contribution >= 0.6 is 11.8 Å². The van der Waals surface area contributed by atoms with Gasteiger partial charge in [-0.15, -0.1) is 0 Å². The van der Waals surface area contributed by atoms with Crippen LogP contribution < -0.4 is 16.2 Å². The number of nitrogens with one attached hydrogen (secondary N) is 2. The molecule has 2 N–H and O–H groups in total. The van der Waals surface area contributed by atoms with Gasteiger partial charge in [0.25, 0.3) is 5.56 Å². The molecule has 7 nitrogen and oxygen atoms in total. The van der Waals surface area contributed by atoms with E-state index in [2.05, 4.69) is 15.6 Å². The summed E-state index contributed by atoms with van der Waals surface area (Å²) in [5.74, 6) is -0.404. The van der Waals surface area contributed by atoms with Gasteiger partial charge in [-0.3, -0.25) is 19.5 Å². The Morgan fingerprint density at radius 2 is 1.86 bits per heavy atom. The molecule has 1 aromatic heterocycles. The average Bonchev–Trinajstić information content (AvgIpc) is 3.14. The van der Waals surface area contributed by atoms with Crippen molar-refractivity contribution in [2.45, 2.75) is 68.9 Å². The highest BCUT2D eigenvalue weighted by Crippen LogP contribution is 2.25. The summed E-state index contributed by atoms with van der Waals surface area (Å²) in [6, 6.07) is 6.75. The highest BCUT2D eigenvalue weighted by molar-refractivity contribution is 8.00. The lowest BCUT2D eigenvalue weighted by atomic mass is 10.2. The number of thioether (sulfide) groups is 1. The van der Waals surface area contributed by atoms with Crippen LogP contribution in [0.25, 0.3) is 10.9 Å². The lowest BCUT2D eigenvalue weighted by Crippen LogP contribution is -2.46. The highest BCUT2D eigenvalue weighted by atomic mass is 32.2. The van der Waals surface area contributed by atoms with Crippen molar-refractivity contribution in [2.24, 2.45) is 0 Å². The van der Waals surface area contributed by atoms with Gasteiger partial charge in [-0.2, -0.15) is 0 Å². The van der Waals surface area contributed by atoms with E-state index < -0.39 is 17.2 Å². The van der Waals surface area contributed by atoms with Gasteiger partial charge < -0.3 is 5.32 Å². The summed E-state index contributed by atoms with van der Waals surface area (Å²) < 4.78 is 1.59. The molecule has 3 rings (SSSR count). The Morgan fingerprint density at radius 3 is 2.54 bits per heavy atom. The van der Waals surface area contributed by atoms with Gasteiger partial charge >= 0.3 is 6.03 Å². The van der Waals surface area contributed by atoms with E-state index in [1.54, 1.807) is 23.6 Å². The minimum atomic E-state index is -0.576. The number of rotatable bonds is 5. The molecule has 28 heavy (non-hydrogen) atoms. The molecule has 1 heterocycles. The molecule has 1 saturated carbocycles. The number of nitrogens with zero attached hydrogens (tertiary/aromatic N) is 2. The van der Waals surface area contributed by atoms with Crippen LogP contribution in [-0.2, 0) is 4.79 Å². The molecule has 1 atom stereocenters. The Bertz CT molecular complexity index is 935. The van der Waals surface area contributed by atoms with E-state index >= 15 is 0 Å². The first kappa shape index (κ1) is 20.4. The first-order valence-corrected chi connectivity index (χ1v) is 10.5. The summed E-state index contributed by atoms with van der Waals surface area (Å²) >= 11 is 1.18. The Hall–Kier alpha value is -2.35. The molecule has 0 bridgehead atoms.